The Morgan fingerprint density at radius 3 is 2.00 bits per heavy atom. The number of carbonyl (C=O) groups is 1. The summed E-state index contributed by atoms with van der Waals surface area (Å²) in [4.78, 5) is 16.8. The predicted molar refractivity (Wildman–Crippen MR) is 129 cm³/mol. The number of ketones is 1. The third kappa shape index (κ3) is 6.43. The van der Waals surface area contributed by atoms with E-state index in [1.807, 2.05) is 67.0 Å². The van der Waals surface area contributed by atoms with Crippen molar-refractivity contribution in [2.45, 2.75) is 38.6 Å². The molecule has 2 aromatic carbocycles. The van der Waals surface area contributed by atoms with Crippen LogP contribution in [0.2, 0.25) is 0 Å². The van der Waals surface area contributed by atoms with Gasteiger partial charge in [-0.1, -0.05) is 61.5 Å². The van der Waals surface area contributed by atoms with Crippen LogP contribution >= 0.6 is 0 Å². The number of carbonyl (C=O) groups excluding carboxylic acids is 1. The number of nitrogens with zero attached hydrogens (tertiary/aromatic N) is 2. The van der Waals surface area contributed by atoms with Gasteiger partial charge >= 0.3 is 0 Å². The number of hydrogen-bond acceptors (Lipinski definition) is 2. The smallest absolute Gasteiger partial charge is 0.193 e. The minimum atomic E-state index is 0. The van der Waals surface area contributed by atoms with Gasteiger partial charge in [0.2, 0.25) is 0 Å². The van der Waals surface area contributed by atoms with E-state index in [1.165, 1.54) is 16.7 Å². The van der Waals surface area contributed by atoms with Crippen LogP contribution in [-0.4, -0.2) is 10.8 Å². The molecule has 0 aliphatic heterocycles. The maximum Gasteiger partial charge on any atom is 0.193 e. The van der Waals surface area contributed by atoms with Crippen molar-refractivity contribution in [1.82, 2.24) is 4.98 Å². The molecule has 2 heterocycles. The Morgan fingerprint density at radius 2 is 1.39 bits per heavy atom. The third-order valence-corrected chi connectivity index (χ3v) is 6.17. The summed E-state index contributed by atoms with van der Waals surface area (Å²) in [6, 6.07) is 26.4. The predicted octanol–water partition coefficient (Wildman–Crippen LogP) is 6.41. The fourth-order valence-corrected chi connectivity index (χ4v) is 4.20. The van der Waals surface area contributed by atoms with Gasteiger partial charge in [0.05, 0.1) is 0 Å². The molecule has 0 saturated carbocycles. The monoisotopic (exact) mass is 562 g/mol. The van der Waals surface area contributed by atoms with Crippen LogP contribution in [0.5, 0.6) is 0 Å². The molecule has 163 valence electrons. The van der Waals surface area contributed by atoms with Crippen LogP contribution in [0, 0.1) is 41.3 Å². The molecule has 0 spiro atoms. The summed E-state index contributed by atoms with van der Waals surface area (Å²) in [6.07, 6.45) is 10.1. The quantitative estimate of drug-likeness (QED) is 0.184. The average Bonchev–Trinajstić information content (AvgIpc) is 2.88. The molecule has 0 saturated heterocycles. The fraction of sp³-hybridized carbons (Fsp3) is 0.207. The molecule has 3 nitrogen and oxygen atoms in total. The summed E-state index contributed by atoms with van der Waals surface area (Å²) in [5, 5.41) is 0. The molecule has 4 rings (SSSR count). The minimum absolute atomic E-state index is 0. The Balaban J connectivity index is 0.00000306. The first-order valence-electron chi connectivity index (χ1n) is 11.3. The van der Waals surface area contributed by atoms with E-state index < -0.39 is 0 Å². The molecule has 0 fully saturated rings. The van der Waals surface area contributed by atoms with E-state index in [-0.39, 0.29) is 47.1 Å². The second-order valence-corrected chi connectivity index (χ2v) is 8.28. The Kier molecular flexibility index (Phi) is 9.46. The van der Waals surface area contributed by atoms with Gasteiger partial charge < -0.3 is 0 Å². The fourth-order valence-electron chi connectivity index (χ4n) is 4.20. The minimum Gasteiger partial charge on any atom is -0.289 e. The first-order valence-corrected chi connectivity index (χ1v) is 11.3. The van der Waals surface area contributed by atoms with Gasteiger partial charge in [-0.2, -0.15) is 0 Å². The first kappa shape index (κ1) is 25.4. The van der Waals surface area contributed by atoms with Gasteiger partial charge in [-0.15, -0.1) is 0 Å². The molecule has 4 heteroatoms. The van der Waals surface area contributed by atoms with Crippen LogP contribution in [0.25, 0.3) is 11.1 Å². The van der Waals surface area contributed by atoms with Crippen molar-refractivity contribution in [3.63, 3.8) is 0 Å². The summed E-state index contributed by atoms with van der Waals surface area (Å²) < 4.78 is 2.28. The van der Waals surface area contributed by atoms with Gasteiger partial charge in [0.1, 0.15) is 0 Å². The second kappa shape index (κ2) is 12.3. The third-order valence-electron chi connectivity index (χ3n) is 6.17. The number of pyridine rings is 2. The van der Waals surface area contributed by atoms with Gasteiger partial charge in [0, 0.05) is 83.4 Å². The zero-order valence-electron chi connectivity index (χ0n) is 19.3. The molecule has 0 aliphatic carbocycles. The summed E-state index contributed by atoms with van der Waals surface area (Å²) in [5.74, 6) is 0.515. The molecule has 0 amide bonds. The van der Waals surface area contributed by atoms with Gasteiger partial charge in [-0.3, -0.25) is 9.78 Å². The molecule has 0 N–H and O–H groups in total. The average molecular weight is 562 g/mol. The Morgan fingerprint density at radius 1 is 0.818 bits per heavy atom. The summed E-state index contributed by atoms with van der Waals surface area (Å²) in [5.41, 5.74) is 5.13. The first-order chi connectivity index (χ1) is 15.7. The van der Waals surface area contributed by atoms with Crippen LogP contribution in [0.3, 0.4) is 0 Å². The zero-order valence-corrected chi connectivity index (χ0v) is 23.0. The molecule has 33 heavy (non-hydrogen) atoms. The van der Waals surface area contributed by atoms with Gasteiger partial charge in [0.15, 0.2) is 24.2 Å². The Bertz CT molecular complexity index is 1140. The number of benzene rings is 2. The van der Waals surface area contributed by atoms with E-state index in [9.17, 15) is 4.79 Å². The summed E-state index contributed by atoms with van der Waals surface area (Å²) in [7, 11) is 0. The van der Waals surface area contributed by atoms with Crippen LogP contribution < -0.4 is 4.57 Å². The molecule has 2 unspecified atom stereocenters. The van der Waals surface area contributed by atoms with E-state index in [2.05, 4.69) is 60.1 Å². The van der Waals surface area contributed by atoms with Crippen molar-refractivity contribution >= 4 is 5.78 Å². The van der Waals surface area contributed by atoms with E-state index >= 15 is 0 Å². The van der Waals surface area contributed by atoms with Crippen molar-refractivity contribution in [1.29, 1.82) is 0 Å². The zero-order chi connectivity index (χ0) is 22.3. The SMILES string of the molecule is CCC(CC(C)[n+]1ccc(-c2ccncc2)cc1)c1ccc(C(=O)c2ccccc2)cc1.[Pr]. The normalized spacial score (nSPS) is 12.4. The van der Waals surface area contributed by atoms with Crippen LogP contribution in [-0.2, 0) is 0 Å². The maximum atomic E-state index is 12.7. The van der Waals surface area contributed by atoms with E-state index in [1.54, 1.807) is 0 Å². The van der Waals surface area contributed by atoms with Gasteiger partial charge in [-0.25, -0.2) is 4.57 Å². The van der Waals surface area contributed by atoms with Crippen LogP contribution in [0.15, 0.2) is 104 Å². The standard InChI is InChI=1S/C29H29N2O.Pr/c1-3-23(24-9-11-28(12-10-24)29(32)27-7-5-4-6-8-27)21-22(2)31-19-15-26(16-20-31)25-13-17-30-18-14-25;/h4-20,22-23H,3,21H2,1-2H3;/q+1;. The maximum absolute atomic E-state index is 12.7. The molecular weight excluding hydrogens is 533 g/mol. The molecule has 2 aromatic heterocycles. The van der Waals surface area contributed by atoms with Gasteiger partial charge in [-0.05, 0) is 48.1 Å². The van der Waals surface area contributed by atoms with Gasteiger partial charge in [0.25, 0.3) is 0 Å². The van der Waals surface area contributed by atoms with E-state index in [4.69, 9.17) is 0 Å². The van der Waals surface area contributed by atoms with Crippen LogP contribution in [0.4, 0.5) is 0 Å². The van der Waals surface area contributed by atoms with Crippen molar-refractivity contribution in [2.75, 3.05) is 0 Å². The number of rotatable bonds is 8. The molecular formula is C29H29N2OPr+. The largest absolute Gasteiger partial charge is 0.289 e. The molecule has 2 atom stereocenters. The van der Waals surface area contributed by atoms with Crippen molar-refractivity contribution in [3.05, 3.63) is 120 Å². The number of aromatic nitrogens is 2. The molecule has 1 radical (unpaired) electrons. The molecule has 0 bridgehead atoms. The Hall–Kier alpha value is -2.23. The van der Waals surface area contributed by atoms with Crippen molar-refractivity contribution in [2.24, 2.45) is 0 Å². The molecule has 4 aromatic rings. The van der Waals surface area contributed by atoms with E-state index in [0.717, 1.165) is 24.0 Å². The van der Waals surface area contributed by atoms with Crippen molar-refractivity contribution < 1.29 is 50.7 Å². The second-order valence-electron chi connectivity index (χ2n) is 8.28. The summed E-state index contributed by atoms with van der Waals surface area (Å²) >= 11 is 0. The van der Waals surface area contributed by atoms with Crippen LogP contribution in [0.1, 0.15) is 60.1 Å². The molecule has 0 aliphatic rings. The Labute approximate surface area is 229 Å². The van der Waals surface area contributed by atoms with Crippen molar-refractivity contribution in [3.8, 4) is 11.1 Å². The topological polar surface area (TPSA) is 33.8 Å². The summed E-state index contributed by atoms with van der Waals surface area (Å²) in [6.45, 7) is 4.50. The van der Waals surface area contributed by atoms with E-state index in [0.29, 0.717) is 12.0 Å². The number of hydrogen-bond donors (Lipinski definition) is 0.